The summed E-state index contributed by atoms with van der Waals surface area (Å²) in [5, 5.41) is 6.45. The van der Waals surface area contributed by atoms with E-state index in [0.29, 0.717) is 17.5 Å². The quantitative estimate of drug-likeness (QED) is 0.167. The molecular formula is C57H34N4O2. The minimum atomic E-state index is 0.554. The number of nitrogens with zero attached hydrogens (tertiary/aromatic N) is 4. The molecule has 0 amide bonds. The SMILES string of the molecule is c1ccc(-c2ccc3c(c2)oc2cc(-c4nc(-c5ccccc5)nc(-c5cccc6oc7ccc(-c8cccc9c8c8ccccc8n9-c8ccccc8)cc7c56)n4)ccc23)cc1. The van der Waals surface area contributed by atoms with E-state index >= 15 is 0 Å². The molecular weight excluding hydrogens is 773 g/mol. The summed E-state index contributed by atoms with van der Waals surface area (Å²) in [6, 6.07) is 71.5. The molecule has 0 N–H and O–H groups in total. The average molecular weight is 807 g/mol. The van der Waals surface area contributed by atoms with E-state index in [2.05, 4.69) is 156 Å². The van der Waals surface area contributed by atoms with Crippen LogP contribution in [0.15, 0.2) is 215 Å². The summed E-state index contributed by atoms with van der Waals surface area (Å²) < 4.78 is 15.5. The summed E-state index contributed by atoms with van der Waals surface area (Å²) in [7, 11) is 0. The summed E-state index contributed by atoms with van der Waals surface area (Å²) in [5.74, 6) is 1.70. The summed E-state index contributed by atoms with van der Waals surface area (Å²) in [6.07, 6.45) is 0. The molecule has 0 fully saturated rings. The Morgan fingerprint density at radius 2 is 0.889 bits per heavy atom. The number of rotatable bonds is 6. The summed E-state index contributed by atoms with van der Waals surface area (Å²) in [4.78, 5) is 15.5. The molecule has 0 aliphatic heterocycles. The molecule has 0 unspecified atom stereocenters. The molecule has 0 saturated carbocycles. The Morgan fingerprint density at radius 1 is 0.302 bits per heavy atom. The van der Waals surface area contributed by atoms with Crippen molar-refractivity contribution in [1.29, 1.82) is 0 Å². The summed E-state index contributed by atoms with van der Waals surface area (Å²) in [6.45, 7) is 0. The third kappa shape index (κ3) is 5.69. The first-order chi connectivity index (χ1) is 31.2. The molecule has 0 bridgehead atoms. The van der Waals surface area contributed by atoms with E-state index in [0.717, 1.165) is 94.0 Å². The van der Waals surface area contributed by atoms with Crippen molar-refractivity contribution in [3.8, 4) is 62.1 Å². The van der Waals surface area contributed by atoms with Gasteiger partial charge in [-0.25, -0.2) is 15.0 Å². The lowest BCUT2D eigenvalue weighted by Crippen LogP contribution is -2.00. The maximum atomic E-state index is 6.58. The normalized spacial score (nSPS) is 11.8. The number of hydrogen-bond acceptors (Lipinski definition) is 5. The number of benzene rings is 9. The van der Waals surface area contributed by atoms with Crippen molar-refractivity contribution in [2.24, 2.45) is 0 Å². The second kappa shape index (κ2) is 14.0. The van der Waals surface area contributed by atoms with E-state index in [1.165, 1.54) is 16.3 Å². The van der Waals surface area contributed by atoms with Crippen LogP contribution in [0, 0.1) is 0 Å². The Kier molecular flexibility index (Phi) is 7.80. The van der Waals surface area contributed by atoms with Gasteiger partial charge in [-0.1, -0.05) is 140 Å². The number of aromatic nitrogens is 4. The molecule has 6 heteroatoms. The van der Waals surface area contributed by atoms with E-state index < -0.39 is 0 Å². The molecule has 9 aromatic carbocycles. The highest BCUT2D eigenvalue weighted by molar-refractivity contribution is 6.18. The zero-order chi connectivity index (χ0) is 41.4. The Morgan fingerprint density at radius 3 is 1.68 bits per heavy atom. The van der Waals surface area contributed by atoms with Crippen molar-refractivity contribution < 1.29 is 8.83 Å². The van der Waals surface area contributed by atoms with E-state index in [1.54, 1.807) is 0 Å². The van der Waals surface area contributed by atoms with Crippen molar-refractivity contribution in [3.63, 3.8) is 0 Å². The summed E-state index contributed by atoms with van der Waals surface area (Å²) >= 11 is 0. The van der Waals surface area contributed by atoms with Crippen LogP contribution in [-0.4, -0.2) is 19.5 Å². The van der Waals surface area contributed by atoms with E-state index in [-0.39, 0.29) is 0 Å². The van der Waals surface area contributed by atoms with Gasteiger partial charge in [0.1, 0.15) is 22.3 Å². The van der Waals surface area contributed by atoms with Crippen LogP contribution in [0.2, 0.25) is 0 Å². The third-order valence-corrected chi connectivity index (χ3v) is 12.3. The van der Waals surface area contributed by atoms with Crippen LogP contribution >= 0.6 is 0 Å². The van der Waals surface area contributed by atoms with Crippen LogP contribution in [-0.2, 0) is 0 Å². The number of furan rings is 2. The molecule has 0 aliphatic carbocycles. The van der Waals surface area contributed by atoms with Gasteiger partial charge in [0, 0.05) is 54.7 Å². The number of fused-ring (bicyclic) bond motifs is 9. The van der Waals surface area contributed by atoms with Crippen molar-refractivity contribution in [2.75, 3.05) is 0 Å². The molecule has 294 valence electrons. The zero-order valence-electron chi connectivity index (χ0n) is 33.7. The van der Waals surface area contributed by atoms with Gasteiger partial charge >= 0.3 is 0 Å². The molecule has 4 heterocycles. The molecule has 4 aromatic heterocycles. The first kappa shape index (κ1) is 35.2. The second-order valence-corrected chi connectivity index (χ2v) is 15.9. The minimum Gasteiger partial charge on any atom is -0.456 e. The fourth-order valence-corrected chi connectivity index (χ4v) is 9.36. The van der Waals surface area contributed by atoms with E-state index in [4.69, 9.17) is 23.8 Å². The second-order valence-electron chi connectivity index (χ2n) is 15.9. The molecule has 0 spiro atoms. The van der Waals surface area contributed by atoms with E-state index in [9.17, 15) is 0 Å². The topological polar surface area (TPSA) is 69.9 Å². The Hall–Kier alpha value is -8.61. The van der Waals surface area contributed by atoms with Crippen LogP contribution in [0.3, 0.4) is 0 Å². The van der Waals surface area contributed by atoms with Gasteiger partial charge in [0.05, 0.1) is 11.0 Å². The summed E-state index contributed by atoms with van der Waals surface area (Å²) in [5.41, 5.74) is 13.7. The van der Waals surface area contributed by atoms with Gasteiger partial charge < -0.3 is 13.4 Å². The van der Waals surface area contributed by atoms with Gasteiger partial charge in [-0.15, -0.1) is 0 Å². The van der Waals surface area contributed by atoms with Crippen LogP contribution in [0.5, 0.6) is 0 Å². The molecule has 63 heavy (non-hydrogen) atoms. The van der Waals surface area contributed by atoms with Gasteiger partial charge in [0.2, 0.25) is 0 Å². The van der Waals surface area contributed by atoms with Crippen LogP contribution < -0.4 is 0 Å². The maximum absolute atomic E-state index is 6.58. The Bertz CT molecular complexity index is 3900. The lowest BCUT2D eigenvalue weighted by atomic mass is 9.97. The Labute approximate surface area is 361 Å². The van der Waals surface area contributed by atoms with E-state index in [1.807, 2.05) is 54.6 Å². The fourth-order valence-electron chi connectivity index (χ4n) is 9.36. The average Bonchev–Trinajstić information content (AvgIpc) is 4.03. The zero-order valence-corrected chi connectivity index (χ0v) is 33.7. The predicted molar refractivity (Wildman–Crippen MR) is 256 cm³/mol. The van der Waals surface area contributed by atoms with Gasteiger partial charge in [0.25, 0.3) is 0 Å². The first-order valence-corrected chi connectivity index (χ1v) is 21.1. The molecule has 0 atom stereocenters. The fraction of sp³-hybridized carbons (Fsp3) is 0. The maximum Gasteiger partial charge on any atom is 0.164 e. The minimum absolute atomic E-state index is 0.554. The third-order valence-electron chi connectivity index (χ3n) is 12.3. The van der Waals surface area contributed by atoms with Crippen molar-refractivity contribution in [3.05, 3.63) is 206 Å². The Balaban J connectivity index is 0.983. The lowest BCUT2D eigenvalue weighted by molar-refractivity contribution is 0.668. The number of hydrogen-bond donors (Lipinski definition) is 0. The van der Waals surface area contributed by atoms with Crippen LogP contribution in [0.4, 0.5) is 0 Å². The van der Waals surface area contributed by atoms with Gasteiger partial charge in [-0.05, 0) is 89.0 Å². The monoisotopic (exact) mass is 806 g/mol. The highest BCUT2D eigenvalue weighted by Gasteiger charge is 2.21. The molecule has 6 nitrogen and oxygen atoms in total. The number of para-hydroxylation sites is 2. The highest BCUT2D eigenvalue weighted by Crippen LogP contribution is 2.43. The first-order valence-electron chi connectivity index (χ1n) is 21.1. The molecule has 13 aromatic rings. The van der Waals surface area contributed by atoms with Crippen molar-refractivity contribution in [2.45, 2.75) is 0 Å². The highest BCUT2D eigenvalue weighted by atomic mass is 16.3. The molecule has 0 radical (unpaired) electrons. The van der Waals surface area contributed by atoms with Gasteiger partial charge in [-0.3, -0.25) is 0 Å². The van der Waals surface area contributed by atoms with Gasteiger partial charge in [0.15, 0.2) is 17.5 Å². The van der Waals surface area contributed by atoms with Crippen LogP contribution in [0.25, 0.3) is 128 Å². The largest absolute Gasteiger partial charge is 0.456 e. The molecule has 0 saturated heterocycles. The van der Waals surface area contributed by atoms with Gasteiger partial charge in [-0.2, -0.15) is 0 Å². The smallest absolute Gasteiger partial charge is 0.164 e. The van der Waals surface area contributed by atoms with Crippen LogP contribution in [0.1, 0.15) is 0 Å². The predicted octanol–water partition coefficient (Wildman–Crippen LogP) is 15.1. The lowest BCUT2D eigenvalue weighted by Gasteiger charge is -2.10. The van der Waals surface area contributed by atoms with Crippen molar-refractivity contribution >= 4 is 65.7 Å². The van der Waals surface area contributed by atoms with Crippen molar-refractivity contribution in [1.82, 2.24) is 19.5 Å². The standard InChI is InChI=1S/C57H34N4O2/c1-4-14-35(15-5-1)37-26-29-42-43-30-27-39(34-52(43)63-51(42)33-37)56-58-55(36-16-6-2-7-17-36)59-57(60-56)45-22-13-25-50-54(45)46-32-38(28-31-49(46)62-50)41-21-12-24-48-53(41)44-20-10-11-23-47(44)61(48)40-18-8-3-9-19-40/h1-34H. The molecule has 13 rings (SSSR count). The molecule has 0 aliphatic rings.